The van der Waals surface area contributed by atoms with E-state index in [1.165, 1.54) is 6.07 Å². The molecule has 0 saturated heterocycles. The second-order valence-corrected chi connectivity index (χ2v) is 4.85. The van der Waals surface area contributed by atoms with Gasteiger partial charge >= 0.3 is 0 Å². The number of aliphatic hydroxyl groups is 1. The van der Waals surface area contributed by atoms with E-state index in [0.717, 1.165) is 5.56 Å². The lowest BCUT2D eigenvalue weighted by Gasteiger charge is -2.13. The Bertz CT molecular complexity index is 633. The molecule has 2 aromatic carbocycles. The molecule has 5 heteroatoms. The smallest absolute Gasteiger partial charge is 0.231 e. The predicted octanol–water partition coefficient (Wildman–Crippen LogP) is 2.38. The number of fused-ring (bicyclic) bond motifs is 1. The van der Waals surface area contributed by atoms with Crippen molar-refractivity contribution in [1.82, 2.24) is 5.32 Å². The van der Waals surface area contributed by atoms with Gasteiger partial charge in [0.15, 0.2) is 11.5 Å². The Kier molecular flexibility index (Phi) is 4.03. The van der Waals surface area contributed by atoms with Crippen LogP contribution in [-0.4, -0.2) is 18.4 Å². The van der Waals surface area contributed by atoms with Gasteiger partial charge in [-0.15, -0.1) is 0 Å². The fourth-order valence-corrected chi connectivity index (χ4v) is 2.22. The highest BCUT2D eigenvalue weighted by atomic mass is 19.1. The molecule has 2 aromatic rings. The SMILES string of the molecule is OC(CNCc1ccccc1F)c1ccc2c(c1)OCO2. The van der Waals surface area contributed by atoms with Crippen LogP contribution in [0.15, 0.2) is 42.5 Å². The zero-order valence-corrected chi connectivity index (χ0v) is 11.4. The first-order valence-corrected chi connectivity index (χ1v) is 6.76. The minimum atomic E-state index is -0.689. The second-order valence-electron chi connectivity index (χ2n) is 4.85. The Morgan fingerprint density at radius 3 is 2.81 bits per heavy atom. The minimum Gasteiger partial charge on any atom is -0.454 e. The number of aliphatic hydroxyl groups excluding tert-OH is 1. The highest BCUT2D eigenvalue weighted by molar-refractivity contribution is 5.45. The van der Waals surface area contributed by atoms with E-state index < -0.39 is 6.10 Å². The van der Waals surface area contributed by atoms with E-state index in [1.54, 1.807) is 36.4 Å². The van der Waals surface area contributed by atoms with E-state index >= 15 is 0 Å². The van der Waals surface area contributed by atoms with Crippen LogP contribution in [0.3, 0.4) is 0 Å². The topological polar surface area (TPSA) is 50.7 Å². The van der Waals surface area contributed by atoms with Crippen LogP contribution in [0.2, 0.25) is 0 Å². The standard InChI is InChI=1S/C16H16FNO3/c17-13-4-2-1-3-12(13)8-18-9-14(19)11-5-6-15-16(7-11)21-10-20-15/h1-7,14,18-19H,8-10H2. The molecule has 0 aromatic heterocycles. The molecular formula is C16H16FNO3. The van der Waals surface area contributed by atoms with E-state index in [9.17, 15) is 9.50 Å². The van der Waals surface area contributed by atoms with Crippen LogP contribution < -0.4 is 14.8 Å². The van der Waals surface area contributed by atoms with Crippen LogP contribution >= 0.6 is 0 Å². The van der Waals surface area contributed by atoms with Crippen LogP contribution in [0.4, 0.5) is 4.39 Å². The summed E-state index contributed by atoms with van der Waals surface area (Å²) in [6, 6.07) is 11.9. The lowest BCUT2D eigenvalue weighted by molar-refractivity contribution is 0.170. The molecule has 0 bridgehead atoms. The largest absolute Gasteiger partial charge is 0.454 e. The van der Waals surface area contributed by atoms with E-state index in [2.05, 4.69) is 5.32 Å². The Morgan fingerprint density at radius 2 is 1.95 bits per heavy atom. The maximum absolute atomic E-state index is 13.5. The minimum absolute atomic E-state index is 0.209. The van der Waals surface area contributed by atoms with Crippen LogP contribution in [0.5, 0.6) is 11.5 Å². The summed E-state index contributed by atoms with van der Waals surface area (Å²) >= 11 is 0. The third-order valence-electron chi connectivity index (χ3n) is 3.39. The van der Waals surface area contributed by atoms with E-state index in [-0.39, 0.29) is 12.6 Å². The summed E-state index contributed by atoms with van der Waals surface area (Å²) in [5.41, 5.74) is 1.32. The Morgan fingerprint density at radius 1 is 1.14 bits per heavy atom. The van der Waals surface area contributed by atoms with Gasteiger partial charge in [-0.05, 0) is 23.8 Å². The van der Waals surface area contributed by atoms with Crippen molar-refractivity contribution < 1.29 is 19.0 Å². The van der Waals surface area contributed by atoms with Crippen molar-refractivity contribution in [1.29, 1.82) is 0 Å². The maximum atomic E-state index is 13.5. The zero-order valence-electron chi connectivity index (χ0n) is 11.4. The Labute approximate surface area is 122 Å². The number of nitrogens with one attached hydrogen (secondary N) is 1. The number of hydrogen-bond acceptors (Lipinski definition) is 4. The lowest BCUT2D eigenvalue weighted by atomic mass is 10.1. The molecule has 0 spiro atoms. The van der Waals surface area contributed by atoms with Crippen molar-refractivity contribution in [2.75, 3.05) is 13.3 Å². The molecule has 1 atom stereocenters. The van der Waals surface area contributed by atoms with Crippen molar-refractivity contribution in [2.45, 2.75) is 12.6 Å². The van der Waals surface area contributed by atoms with Crippen LogP contribution in [0.25, 0.3) is 0 Å². The van der Waals surface area contributed by atoms with Crippen molar-refractivity contribution in [3.05, 3.63) is 59.4 Å². The van der Waals surface area contributed by atoms with Crippen molar-refractivity contribution in [2.24, 2.45) is 0 Å². The number of rotatable bonds is 5. The number of hydrogen-bond donors (Lipinski definition) is 2. The molecule has 110 valence electrons. The number of halogens is 1. The van der Waals surface area contributed by atoms with Crippen molar-refractivity contribution in [3.8, 4) is 11.5 Å². The van der Waals surface area contributed by atoms with Gasteiger partial charge in [-0.1, -0.05) is 24.3 Å². The monoisotopic (exact) mass is 289 g/mol. The highest BCUT2D eigenvalue weighted by Gasteiger charge is 2.16. The number of ether oxygens (including phenoxy) is 2. The van der Waals surface area contributed by atoms with E-state index in [4.69, 9.17) is 9.47 Å². The third kappa shape index (κ3) is 3.15. The normalized spacial score (nSPS) is 14.2. The van der Waals surface area contributed by atoms with Crippen LogP contribution in [0.1, 0.15) is 17.2 Å². The highest BCUT2D eigenvalue weighted by Crippen LogP contribution is 2.34. The molecule has 0 fully saturated rings. The molecule has 1 unspecified atom stereocenters. The quantitative estimate of drug-likeness (QED) is 0.887. The van der Waals surface area contributed by atoms with Gasteiger partial charge in [-0.25, -0.2) is 4.39 Å². The van der Waals surface area contributed by atoms with Crippen LogP contribution in [-0.2, 0) is 6.54 Å². The molecule has 3 rings (SSSR count). The zero-order chi connectivity index (χ0) is 14.7. The Balaban J connectivity index is 1.57. The van der Waals surface area contributed by atoms with Gasteiger partial charge in [0.05, 0.1) is 6.10 Å². The van der Waals surface area contributed by atoms with E-state index in [1.807, 2.05) is 0 Å². The molecule has 0 saturated carbocycles. The van der Waals surface area contributed by atoms with Gasteiger partial charge < -0.3 is 19.9 Å². The molecular weight excluding hydrogens is 273 g/mol. The predicted molar refractivity (Wildman–Crippen MR) is 75.6 cm³/mol. The summed E-state index contributed by atoms with van der Waals surface area (Å²) < 4.78 is 24.0. The summed E-state index contributed by atoms with van der Waals surface area (Å²) in [6.45, 7) is 0.905. The molecule has 1 aliphatic heterocycles. The summed E-state index contributed by atoms with van der Waals surface area (Å²) in [5, 5.41) is 13.2. The second kappa shape index (κ2) is 6.11. The molecule has 2 N–H and O–H groups in total. The van der Waals surface area contributed by atoms with Gasteiger partial charge in [0.1, 0.15) is 5.82 Å². The van der Waals surface area contributed by atoms with Crippen molar-refractivity contribution >= 4 is 0 Å². The summed E-state index contributed by atoms with van der Waals surface area (Å²) in [6.07, 6.45) is -0.689. The molecule has 21 heavy (non-hydrogen) atoms. The number of benzene rings is 2. The van der Waals surface area contributed by atoms with Gasteiger partial charge in [-0.3, -0.25) is 0 Å². The molecule has 0 amide bonds. The van der Waals surface area contributed by atoms with Gasteiger partial charge in [0.2, 0.25) is 6.79 Å². The third-order valence-corrected chi connectivity index (χ3v) is 3.39. The maximum Gasteiger partial charge on any atom is 0.231 e. The molecule has 0 aliphatic carbocycles. The van der Waals surface area contributed by atoms with Crippen molar-refractivity contribution in [3.63, 3.8) is 0 Å². The summed E-state index contributed by atoms with van der Waals surface area (Å²) in [4.78, 5) is 0. The van der Waals surface area contributed by atoms with Crippen LogP contribution in [0, 0.1) is 5.82 Å². The molecule has 4 nitrogen and oxygen atoms in total. The Hall–Kier alpha value is -2.11. The fraction of sp³-hybridized carbons (Fsp3) is 0.250. The average molecular weight is 289 g/mol. The average Bonchev–Trinajstić information content (AvgIpc) is 2.96. The van der Waals surface area contributed by atoms with Gasteiger partial charge in [-0.2, -0.15) is 0 Å². The van der Waals surface area contributed by atoms with Gasteiger partial charge in [0, 0.05) is 18.7 Å². The summed E-state index contributed by atoms with van der Waals surface area (Å²) in [7, 11) is 0. The van der Waals surface area contributed by atoms with E-state index in [0.29, 0.717) is 30.2 Å². The first kappa shape index (κ1) is 13.9. The first-order chi connectivity index (χ1) is 10.2. The lowest BCUT2D eigenvalue weighted by Crippen LogP contribution is -2.21. The molecule has 1 heterocycles. The first-order valence-electron chi connectivity index (χ1n) is 6.76. The molecule has 0 radical (unpaired) electrons. The fourth-order valence-electron chi connectivity index (χ4n) is 2.22. The van der Waals surface area contributed by atoms with Gasteiger partial charge in [0.25, 0.3) is 0 Å². The summed E-state index contributed by atoms with van der Waals surface area (Å²) in [5.74, 6) is 1.08. The molecule has 1 aliphatic rings.